The van der Waals surface area contributed by atoms with Gasteiger partial charge in [-0.25, -0.2) is 0 Å². The Morgan fingerprint density at radius 3 is 1.78 bits per heavy atom. The second-order valence-corrected chi connectivity index (χ2v) is 8.68. The van der Waals surface area contributed by atoms with Crippen LogP contribution >= 0.6 is 0 Å². The summed E-state index contributed by atoms with van der Waals surface area (Å²) in [7, 11) is 3.28. The lowest BCUT2D eigenvalue weighted by Crippen LogP contribution is -2.25. The summed E-state index contributed by atoms with van der Waals surface area (Å²) < 4.78 is 13.6. The van der Waals surface area contributed by atoms with Crippen molar-refractivity contribution in [1.29, 1.82) is 0 Å². The van der Waals surface area contributed by atoms with Gasteiger partial charge in [0.15, 0.2) is 0 Å². The van der Waals surface area contributed by atoms with Gasteiger partial charge in [0.05, 0.1) is 46.4 Å². The van der Waals surface area contributed by atoms with Crippen molar-refractivity contribution in [1.82, 2.24) is 19.6 Å². The normalized spacial score (nSPS) is 11.8. The highest BCUT2D eigenvalue weighted by molar-refractivity contribution is 5.22. The van der Waals surface area contributed by atoms with Crippen molar-refractivity contribution in [2.75, 3.05) is 14.2 Å². The lowest BCUT2D eigenvalue weighted by molar-refractivity contribution is -0.392. The molecule has 0 N–H and O–H groups in total. The molecule has 2 aromatic rings. The van der Waals surface area contributed by atoms with E-state index in [1.54, 1.807) is 32.7 Å². The highest BCUT2D eigenvalue weighted by Gasteiger charge is 2.22. The Kier molecular flexibility index (Phi) is 9.46. The number of aryl methyl sites for hydroxylation is 4. The average Bonchev–Trinajstić information content (AvgIpc) is 3.28. The number of rotatable bonds is 10. The molecule has 0 aliphatic heterocycles. The summed E-state index contributed by atoms with van der Waals surface area (Å²) in [5.74, 6) is -0.0721. The Bertz CT molecular complexity index is 918. The Labute approximate surface area is 187 Å². The van der Waals surface area contributed by atoms with Crippen LogP contribution in [0.15, 0.2) is 12.1 Å². The molecule has 0 spiro atoms. The van der Waals surface area contributed by atoms with Crippen LogP contribution in [0, 0.1) is 34.1 Å². The molecule has 0 unspecified atom stereocenters. The average molecular weight is 455 g/mol. The molecule has 32 heavy (non-hydrogen) atoms. The van der Waals surface area contributed by atoms with E-state index in [0.717, 1.165) is 12.1 Å². The first-order valence-electron chi connectivity index (χ1n) is 10.2. The molecule has 2 aromatic heterocycles. The summed E-state index contributed by atoms with van der Waals surface area (Å²) in [6.07, 6.45) is 1.43. The fraction of sp³-hybridized carbons (Fsp3) is 0.700. The molecule has 0 bridgehead atoms. The summed E-state index contributed by atoms with van der Waals surface area (Å²) >= 11 is 0. The van der Waals surface area contributed by atoms with Crippen molar-refractivity contribution in [2.45, 2.75) is 78.7 Å². The SMILES string of the molecule is COC(C)(C)CCn1nc(C)cc1[N+](=O)[O-].COC(C)(C)CCn1nc([N+](=O)[O-])cc1C. The maximum Gasteiger partial charge on any atom is 0.390 e. The van der Waals surface area contributed by atoms with Crippen LogP contribution < -0.4 is 0 Å². The molecule has 0 amide bonds. The molecule has 2 heterocycles. The Morgan fingerprint density at radius 2 is 1.38 bits per heavy atom. The summed E-state index contributed by atoms with van der Waals surface area (Å²) in [6, 6.07) is 2.94. The summed E-state index contributed by atoms with van der Waals surface area (Å²) in [5, 5.41) is 29.3. The highest BCUT2D eigenvalue weighted by atomic mass is 16.6. The highest BCUT2D eigenvalue weighted by Crippen LogP contribution is 2.19. The molecule has 0 radical (unpaired) electrons. The fourth-order valence-corrected chi connectivity index (χ4v) is 2.61. The van der Waals surface area contributed by atoms with Gasteiger partial charge in [-0.2, -0.15) is 4.68 Å². The zero-order chi connectivity index (χ0) is 24.7. The van der Waals surface area contributed by atoms with Gasteiger partial charge in [-0.3, -0.25) is 0 Å². The molecule has 12 heteroatoms. The standard InChI is InChI=1S/2C10H17N3O3/c1-8-7-9(13(14)15)11-12(8)6-5-10(2,3)16-4;1-8-7-9(13(14)15)12(11-8)6-5-10(2,3)16-4/h2*7H,5-6H2,1-4H3. The minimum Gasteiger partial charge on any atom is -0.379 e. The van der Waals surface area contributed by atoms with Gasteiger partial charge in [0.25, 0.3) is 0 Å². The molecule has 0 aliphatic carbocycles. The van der Waals surface area contributed by atoms with Gasteiger partial charge in [-0.05, 0) is 57.8 Å². The van der Waals surface area contributed by atoms with E-state index >= 15 is 0 Å². The van der Waals surface area contributed by atoms with Gasteiger partial charge in [0.1, 0.15) is 6.54 Å². The number of aromatic nitrogens is 4. The lowest BCUT2D eigenvalue weighted by atomic mass is 10.1. The van der Waals surface area contributed by atoms with Crippen LogP contribution in [-0.2, 0) is 22.6 Å². The van der Waals surface area contributed by atoms with Crippen LogP contribution in [0.25, 0.3) is 0 Å². The number of nitro groups is 2. The Hall–Kier alpha value is -2.86. The van der Waals surface area contributed by atoms with Crippen LogP contribution in [0.3, 0.4) is 0 Å². The topological polar surface area (TPSA) is 140 Å². The number of ether oxygens (including phenoxy) is 2. The maximum absolute atomic E-state index is 10.7. The third-order valence-electron chi connectivity index (χ3n) is 5.18. The molecular weight excluding hydrogens is 420 g/mol. The van der Waals surface area contributed by atoms with Gasteiger partial charge >= 0.3 is 11.6 Å². The summed E-state index contributed by atoms with van der Waals surface area (Å²) in [5.41, 5.74) is 0.904. The predicted octanol–water partition coefficient (Wildman–Crippen LogP) is 3.83. The van der Waals surface area contributed by atoms with Crippen LogP contribution in [0.2, 0.25) is 0 Å². The molecule has 0 aromatic carbocycles. The summed E-state index contributed by atoms with van der Waals surface area (Å²) in [4.78, 5) is 20.4. The number of methoxy groups -OCH3 is 2. The van der Waals surface area contributed by atoms with Crippen molar-refractivity contribution in [3.63, 3.8) is 0 Å². The number of hydrogen-bond acceptors (Lipinski definition) is 8. The predicted molar refractivity (Wildman–Crippen MR) is 119 cm³/mol. The minimum atomic E-state index is -0.481. The minimum absolute atomic E-state index is 0.0319. The number of nitrogens with zero attached hydrogens (tertiary/aromatic N) is 6. The quantitative estimate of drug-likeness (QED) is 0.389. The van der Waals surface area contributed by atoms with E-state index in [4.69, 9.17) is 9.47 Å². The largest absolute Gasteiger partial charge is 0.390 e. The van der Waals surface area contributed by atoms with Crippen molar-refractivity contribution in [3.05, 3.63) is 43.7 Å². The van der Waals surface area contributed by atoms with Crippen LogP contribution in [0.4, 0.5) is 11.6 Å². The molecule has 0 saturated carbocycles. The van der Waals surface area contributed by atoms with Gasteiger partial charge in [0.2, 0.25) is 0 Å². The Morgan fingerprint density at radius 1 is 0.875 bits per heavy atom. The number of hydrogen-bond donors (Lipinski definition) is 0. The fourth-order valence-electron chi connectivity index (χ4n) is 2.61. The van der Waals surface area contributed by atoms with Crippen molar-refractivity contribution in [2.24, 2.45) is 0 Å². The molecule has 2 rings (SSSR count). The first-order valence-corrected chi connectivity index (χ1v) is 10.2. The second kappa shape index (κ2) is 11.1. The Balaban J connectivity index is 0.000000320. The lowest BCUT2D eigenvalue weighted by Gasteiger charge is -2.21. The molecule has 0 aliphatic rings. The van der Waals surface area contributed by atoms with Crippen LogP contribution in [0.1, 0.15) is 51.9 Å². The van der Waals surface area contributed by atoms with Crippen LogP contribution in [-0.4, -0.2) is 54.8 Å². The summed E-state index contributed by atoms with van der Waals surface area (Å²) in [6.45, 7) is 12.5. The zero-order valence-corrected chi connectivity index (χ0v) is 20.1. The second-order valence-electron chi connectivity index (χ2n) is 8.68. The van der Waals surface area contributed by atoms with Gasteiger partial charge in [0, 0.05) is 20.6 Å². The van der Waals surface area contributed by atoms with E-state index in [1.807, 2.05) is 27.7 Å². The van der Waals surface area contributed by atoms with E-state index in [0.29, 0.717) is 25.2 Å². The maximum atomic E-state index is 10.7. The smallest absolute Gasteiger partial charge is 0.379 e. The van der Waals surface area contributed by atoms with E-state index in [2.05, 4.69) is 10.2 Å². The first kappa shape index (κ1) is 27.2. The third kappa shape index (κ3) is 8.35. The van der Waals surface area contributed by atoms with Crippen molar-refractivity contribution < 1.29 is 19.3 Å². The van der Waals surface area contributed by atoms with E-state index < -0.39 is 9.85 Å². The van der Waals surface area contributed by atoms with E-state index in [1.165, 1.54) is 16.8 Å². The monoisotopic (exact) mass is 454 g/mol. The van der Waals surface area contributed by atoms with Crippen LogP contribution in [0.5, 0.6) is 0 Å². The molecule has 0 saturated heterocycles. The van der Waals surface area contributed by atoms with Gasteiger partial charge in [-0.15, -0.1) is 4.68 Å². The van der Waals surface area contributed by atoms with Crippen molar-refractivity contribution in [3.8, 4) is 0 Å². The molecule has 0 fully saturated rings. The first-order chi connectivity index (χ1) is 14.7. The van der Waals surface area contributed by atoms with E-state index in [-0.39, 0.29) is 22.8 Å². The van der Waals surface area contributed by atoms with Gasteiger partial charge < -0.3 is 29.7 Å². The molecule has 180 valence electrons. The van der Waals surface area contributed by atoms with Crippen molar-refractivity contribution >= 4 is 11.6 Å². The molecular formula is C20H34N6O6. The van der Waals surface area contributed by atoms with E-state index in [9.17, 15) is 20.2 Å². The molecule has 0 atom stereocenters. The molecule has 12 nitrogen and oxygen atoms in total. The zero-order valence-electron chi connectivity index (χ0n) is 20.1. The third-order valence-corrected chi connectivity index (χ3v) is 5.18. The van der Waals surface area contributed by atoms with Gasteiger partial charge in [-0.1, -0.05) is 5.10 Å².